The number of alkyl halides is 3. The lowest BCUT2D eigenvalue weighted by molar-refractivity contribution is -0.141. The normalized spacial score (nSPS) is 25.3. The molecule has 16 heteroatoms. The van der Waals surface area contributed by atoms with Gasteiger partial charge >= 0.3 is 6.18 Å². The van der Waals surface area contributed by atoms with Gasteiger partial charge < -0.3 is 14.9 Å². The number of benzene rings is 3. The number of likely N-dealkylation sites (tertiary alicyclic amines) is 1. The van der Waals surface area contributed by atoms with Crippen LogP contribution < -0.4 is 10.2 Å². The van der Waals surface area contributed by atoms with Crippen molar-refractivity contribution < 1.29 is 47.3 Å². The number of phenolic OH excluding ortho intramolecular Hbond substituents is 2. The minimum atomic E-state index is -4.77. The van der Waals surface area contributed by atoms with Crippen molar-refractivity contribution in [3.8, 4) is 17.2 Å². The Bertz CT molecular complexity index is 2380. The Balaban J connectivity index is 1.27. The summed E-state index contributed by atoms with van der Waals surface area (Å²) in [5.41, 5.74) is 1.54. The number of aromatic nitrogens is 1. The third kappa shape index (κ3) is 6.24. The van der Waals surface area contributed by atoms with Crippen LogP contribution >= 0.6 is 23.2 Å². The van der Waals surface area contributed by atoms with Crippen LogP contribution in [0.2, 0.25) is 10.0 Å². The van der Waals surface area contributed by atoms with E-state index in [-0.39, 0.29) is 54.7 Å². The zero-order valence-corrected chi connectivity index (χ0v) is 32.2. The van der Waals surface area contributed by atoms with E-state index in [1.165, 1.54) is 17.0 Å². The van der Waals surface area contributed by atoms with Crippen molar-refractivity contribution in [2.75, 3.05) is 18.6 Å². The van der Waals surface area contributed by atoms with Crippen LogP contribution in [0.15, 0.2) is 90.6 Å². The summed E-state index contributed by atoms with van der Waals surface area (Å²) in [7, 11) is 0. The Kier molecular flexibility index (Phi) is 9.91. The van der Waals surface area contributed by atoms with Crippen LogP contribution in [0.3, 0.4) is 0 Å². The highest BCUT2D eigenvalue weighted by Crippen LogP contribution is 2.65. The average molecular weight is 836 g/mol. The average Bonchev–Trinajstić information content (AvgIpc) is 3.56. The number of nitrogens with one attached hydrogen (secondary N) is 1. The molecule has 58 heavy (non-hydrogen) atoms. The number of ether oxygens (including phenoxy) is 1. The molecule has 3 fully saturated rings. The number of amides is 4. The SMILES string of the molecule is CCOc1cccc(C2C3=CCC4C(=O)N(CCc5ccc(O)cc5)C(=O)C4C3CC3C(=O)N(Nc4ncc(C(F)(F)F)cc4Cl)C(=O)C32c2ccc(Cl)cc2)c1O. The fourth-order valence-electron chi connectivity index (χ4n) is 9.36. The Morgan fingerprint density at radius 2 is 1.67 bits per heavy atom. The van der Waals surface area contributed by atoms with Crippen LogP contribution in [0, 0.1) is 23.7 Å². The van der Waals surface area contributed by atoms with Gasteiger partial charge in [0.05, 0.1) is 40.4 Å². The molecule has 6 unspecified atom stereocenters. The first kappa shape index (κ1) is 39.2. The maximum absolute atomic E-state index is 15.4. The van der Waals surface area contributed by atoms with Crippen molar-refractivity contribution in [1.82, 2.24) is 14.9 Å². The first-order valence-electron chi connectivity index (χ1n) is 18.6. The molecule has 8 rings (SSSR count). The number of pyridine rings is 1. The maximum Gasteiger partial charge on any atom is 0.417 e. The van der Waals surface area contributed by atoms with Crippen LogP contribution in [0.1, 0.15) is 47.9 Å². The van der Waals surface area contributed by atoms with Crippen LogP contribution in [0.4, 0.5) is 19.0 Å². The van der Waals surface area contributed by atoms with Gasteiger partial charge in [-0.1, -0.05) is 71.2 Å². The number of halogens is 5. The third-order valence-corrected chi connectivity index (χ3v) is 12.4. The molecule has 2 aliphatic carbocycles. The fourth-order valence-corrected chi connectivity index (χ4v) is 9.70. The van der Waals surface area contributed by atoms with Crippen molar-refractivity contribution in [3.05, 3.63) is 123 Å². The zero-order valence-electron chi connectivity index (χ0n) is 30.7. The molecule has 2 aliphatic heterocycles. The molecule has 0 spiro atoms. The standard InChI is InChI=1S/C42H35Cl2F3N4O7/c1-2-58-32-5-3-4-28(35(32)53)34-26-14-15-27-33(39(56)50(37(27)54)17-16-21-6-12-25(52)13-7-21)29(26)19-30-38(55)51(40(57)41(30,34)22-8-10-24(43)11-9-22)49-36-31(44)18-23(20-48-36)42(45,46)47/h3-14,18,20,27,29-30,33-34,52-53H,2,15-17,19H2,1H3,(H,48,49). The van der Waals surface area contributed by atoms with E-state index in [4.69, 9.17) is 27.9 Å². The van der Waals surface area contributed by atoms with Gasteiger partial charge in [-0.15, -0.1) is 0 Å². The number of allylic oxidation sites excluding steroid dienone is 2. The van der Waals surface area contributed by atoms with E-state index in [2.05, 4.69) is 10.4 Å². The lowest BCUT2D eigenvalue weighted by Gasteiger charge is -2.50. The molecule has 4 aromatic rings. The quantitative estimate of drug-likeness (QED) is 0.116. The van der Waals surface area contributed by atoms with Gasteiger partial charge in [0.2, 0.25) is 11.8 Å². The summed E-state index contributed by atoms with van der Waals surface area (Å²) >= 11 is 12.6. The Morgan fingerprint density at radius 3 is 2.34 bits per heavy atom. The molecule has 3 heterocycles. The number of para-hydroxylation sites is 1. The Morgan fingerprint density at radius 1 is 0.948 bits per heavy atom. The number of rotatable bonds is 9. The number of hydrazine groups is 1. The van der Waals surface area contributed by atoms with Crippen molar-refractivity contribution in [2.45, 2.75) is 43.7 Å². The van der Waals surface area contributed by atoms with E-state index in [1.54, 1.807) is 61.5 Å². The predicted molar refractivity (Wildman–Crippen MR) is 205 cm³/mol. The van der Waals surface area contributed by atoms with Gasteiger partial charge in [0, 0.05) is 29.2 Å². The zero-order chi connectivity index (χ0) is 41.3. The highest BCUT2D eigenvalue weighted by molar-refractivity contribution is 6.33. The van der Waals surface area contributed by atoms with Gasteiger partial charge in [0.15, 0.2) is 17.3 Å². The number of anilines is 1. The lowest BCUT2D eigenvalue weighted by atomic mass is 9.49. The van der Waals surface area contributed by atoms with Crippen molar-refractivity contribution in [3.63, 3.8) is 0 Å². The maximum atomic E-state index is 15.4. The monoisotopic (exact) mass is 834 g/mol. The summed E-state index contributed by atoms with van der Waals surface area (Å²) in [5, 5.41) is 22.2. The largest absolute Gasteiger partial charge is 0.508 e. The van der Waals surface area contributed by atoms with Crippen LogP contribution in [-0.2, 0) is 37.2 Å². The molecule has 3 N–H and O–H groups in total. The minimum Gasteiger partial charge on any atom is -0.508 e. The topological polar surface area (TPSA) is 149 Å². The third-order valence-electron chi connectivity index (χ3n) is 11.9. The van der Waals surface area contributed by atoms with Gasteiger partial charge in [-0.25, -0.2) is 4.98 Å². The molecule has 3 aromatic carbocycles. The van der Waals surface area contributed by atoms with Gasteiger partial charge in [-0.3, -0.25) is 29.5 Å². The van der Waals surface area contributed by atoms with Crippen LogP contribution in [-0.4, -0.2) is 61.9 Å². The second-order valence-corrected chi connectivity index (χ2v) is 15.6. The van der Waals surface area contributed by atoms with Crippen molar-refractivity contribution in [2.24, 2.45) is 23.7 Å². The van der Waals surface area contributed by atoms with E-state index < -0.39 is 75.3 Å². The summed E-state index contributed by atoms with van der Waals surface area (Å²) in [6, 6.07) is 18.2. The number of nitrogens with zero attached hydrogens (tertiary/aromatic N) is 3. The number of hydrogen-bond donors (Lipinski definition) is 3. The highest BCUT2D eigenvalue weighted by Gasteiger charge is 2.70. The van der Waals surface area contributed by atoms with E-state index in [9.17, 15) is 37.8 Å². The second kappa shape index (κ2) is 14.7. The molecule has 1 aromatic heterocycles. The van der Waals surface area contributed by atoms with Gasteiger partial charge in [-0.2, -0.15) is 18.2 Å². The summed E-state index contributed by atoms with van der Waals surface area (Å²) in [6.45, 7) is 2.00. The molecule has 0 radical (unpaired) electrons. The van der Waals surface area contributed by atoms with Crippen molar-refractivity contribution >= 4 is 52.6 Å². The highest BCUT2D eigenvalue weighted by atomic mass is 35.5. The van der Waals surface area contributed by atoms with E-state index >= 15 is 4.79 Å². The molecular formula is C42H35Cl2F3N4O7. The van der Waals surface area contributed by atoms with E-state index in [0.717, 1.165) is 5.56 Å². The molecule has 300 valence electrons. The number of carbonyl (C=O) groups is 4. The minimum absolute atomic E-state index is 0.0757. The van der Waals surface area contributed by atoms with E-state index in [1.807, 2.05) is 6.08 Å². The number of carbonyl (C=O) groups excluding carboxylic acids is 4. The molecule has 6 atom stereocenters. The summed E-state index contributed by atoms with van der Waals surface area (Å²) in [5.74, 6) is -7.72. The molecule has 4 amide bonds. The second-order valence-electron chi connectivity index (χ2n) is 14.8. The van der Waals surface area contributed by atoms with Gasteiger partial charge in [-0.05, 0) is 79.6 Å². The Hall–Kier alpha value is -5.60. The number of fused-ring (bicyclic) bond motifs is 4. The van der Waals surface area contributed by atoms with Crippen LogP contribution in [0.5, 0.6) is 17.2 Å². The Labute approximate surface area is 340 Å². The lowest BCUT2D eigenvalue weighted by Crippen LogP contribution is -2.53. The fraction of sp³-hybridized carbons (Fsp3) is 0.310. The number of aromatic hydroxyl groups is 2. The molecule has 2 saturated heterocycles. The van der Waals surface area contributed by atoms with Crippen molar-refractivity contribution in [1.29, 1.82) is 0 Å². The molecular weight excluding hydrogens is 800 g/mol. The van der Waals surface area contributed by atoms with Crippen LogP contribution in [0.25, 0.3) is 0 Å². The summed E-state index contributed by atoms with van der Waals surface area (Å²) in [6.07, 6.45) is -2.03. The molecule has 4 aliphatic rings. The van der Waals surface area contributed by atoms with E-state index in [0.29, 0.717) is 39.9 Å². The number of imide groups is 2. The smallest absolute Gasteiger partial charge is 0.417 e. The van der Waals surface area contributed by atoms with Gasteiger partial charge in [0.1, 0.15) is 5.75 Å². The molecule has 11 nitrogen and oxygen atoms in total. The summed E-state index contributed by atoms with van der Waals surface area (Å²) < 4.78 is 46.3. The summed E-state index contributed by atoms with van der Waals surface area (Å²) in [4.78, 5) is 63.8. The number of phenols is 2. The van der Waals surface area contributed by atoms with Gasteiger partial charge in [0.25, 0.3) is 11.8 Å². The first-order chi connectivity index (χ1) is 27.7. The first-order valence-corrected chi connectivity index (χ1v) is 19.3. The molecule has 1 saturated carbocycles. The molecule has 0 bridgehead atoms. The number of hydrogen-bond acceptors (Lipinski definition) is 9. The predicted octanol–water partition coefficient (Wildman–Crippen LogP) is 7.44.